The molecular weight excluding hydrogens is 468 g/mol. The lowest BCUT2D eigenvalue weighted by Gasteiger charge is -2.36. The lowest BCUT2D eigenvalue weighted by molar-refractivity contribution is 0.150. The van der Waals surface area contributed by atoms with Gasteiger partial charge < -0.3 is 15.1 Å². The highest BCUT2D eigenvalue weighted by molar-refractivity contribution is 5.65. The topological polar surface area (TPSA) is 47.5 Å². The van der Waals surface area contributed by atoms with E-state index in [-0.39, 0.29) is 0 Å². The number of aromatic nitrogens is 2. The molecule has 2 aromatic rings. The molecule has 1 aromatic carbocycles. The smallest absolute Gasteiger partial charge is 0.229 e. The third-order valence-electron chi connectivity index (χ3n) is 7.87. The van der Waals surface area contributed by atoms with E-state index in [0.29, 0.717) is 12.0 Å². The Morgan fingerprint density at radius 1 is 1.11 bits per heavy atom. The Hall–Kier alpha value is -3.34. The average Bonchev–Trinajstić information content (AvgIpc) is 2.97. The molecule has 6 heteroatoms. The molecule has 0 bridgehead atoms. The van der Waals surface area contributed by atoms with Crippen LogP contribution in [-0.4, -0.2) is 59.0 Å². The lowest BCUT2D eigenvalue weighted by atomic mass is 9.94. The minimum atomic E-state index is 0.531. The van der Waals surface area contributed by atoms with Crippen LogP contribution in [-0.2, 0) is 6.54 Å². The monoisotopic (exact) mass is 512 g/mol. The number of nitrogens with one attached hydrogen (secondary N) is 1. The average molecular weight is 513 g/mol. The van der Waals surface area contributed by atoms with Gasteiger partial charge in [0.15, 0.2) is 0 Å². The van der Waals surface area contributed by atoms with Crippen molar-refractivity contribution in [2.45, 2.75) is 64.0 Å². The molecule has 0 atom stereocenters. The number of rotatable bonds is 12. The first kappa shape index (κ1) is 27.7. The van der Waals surface area contributed by atoms with Crippen LogP contribution in [0.1, 0.15) is 62.5 Å². The molecule has 2 heterocycles. The van der Waals surface area contributed by atoms with Crippen molar-refractivity contribution in [3.05, 3.63) is 78.8 Å². The largest absolute Gasteiger partial charge is 0.366 e. The van der Waals surface area contributed by atoms with Gasteiger partial charge in [-0.15, -0.1) is 12.3 Å². The number of hydrogen-bond donors (Lipinski definition) is 1. The number of unbranched alkanes of at least 4 members (excludes halogenated alkanes) is 1. The van der Waals surface area contributed by atoms with Gasteiger partial charge in [0.05, 0.1) is 5.70 Å². The quantitative estimate of drug-likeness (QED) is 0.192. The van der Waals surface area contributed by atoms with Gasteiger partial charge in [-0.05, 0) is 49.8 Å². The number of allylic oxidation sites excluding steroid dienone is 2. The summed E-state index contributed by atoms with van der Waals surface area (Å²) in [7, 11) is 2.15. The fraction of sp³-hybridized carbons (Fsp3) is 0.469. The van der Waals surface area contributed by atoms with Crippen molar-refractivity contribution in [1.29, 1.82) is 0 Å². The van der Waals surface area contributed by atoms with E-state index in [1.54, 1.807) is 0 Å². The van der Waals surface area contributed by atoms with E-state index in [1.165, 1.54) is 43.4 Å². The second-order valence-electron chi connectivity index (χ2n) is 10.5. The van der Waals surface area contributed by atoms with Crippen molar-refractivity contribution in [3.8, 4) is 0 Å². The van der Waals surface area contributed by atoms with Crippen LogP contribution in [0.15, 0.2) is 67.7 Å². The second-order valence-corrected chi connectivity index (χ2v) is 10.5. The van der Waals surface area contributed by atoms with Crippen molar-refractivity contribution in [3.63, 3.8) is 0 Å². The van der Waals surface area contributed by atoms with E-state index in [4.69, 9.17) is 4.98 Å². The van der Waals surface area contributed by atoms with Gasteiger partial charge in [-0.3, -0.25) is 4.90 Å². The third-order valence-corrected chi connectivity index (χ3v) is 7.87. The van der Waals surface area contributed by atoms with Crippen LogP contribution in [0.3, 0.4) is 0 Å². The van der Waals surface area contributed by atoms with E-state index in [0.717, 1.165) is 69.1 Å². The van der Waals surface area contributed by atoms with E-state index in [1.807, 2.05) is 18.3 Å². The van der Waals surface area contributed by atoms with E-state index < -0.39 is 0 Å². The SMILES string of the molecule is C=C=C(CCCC=C)N1CCN(Cc2ccc(Nc3ncc(C=C)c(N(C)C4CCCCC4)n3)cc2)CC1. The summed E-state index contributed by atoms with van der Waals surface area (Å²) in [5.74, 6) is 1.58. The van der Waals surface area contributed by atoms with Crippen LogP contribution in [0.25, 0.3) is 6.08 Å². The van der Waals surface area contributed by atoms with Gasteiger partial charge in [0.1, 0.15) is 5.82 Å². The molecule has 0 amide bonds. The summed E-state index contributed by atoms with van der Waals surface area (Å²) >= 11 is 0. The van der Waals surface area contributed by atoms with Crippen LogP contribution in [0.4, 0.5) is 17.5 Å². The maximum absolute atomic E-state index is 4.88. The minimum Gasteiger partial charge on any atom is -0.366 e. The predicted molar refractivity (Wildman–Crippen MR) is 161 cm³/mol. The van der Waals surface area contributed by atoms with Gasteiger partial charge >= 0.3 is 0 Å². The van der Waals surface area contributed by atoms with Crippen molar-refractivity contribution in [2.75, 3.05) is 43.4 Å². The molecule has 38 heavy (non-hydrogen) atoms. The third kappa shape index (κ3) is 7.37. The molecule has 1 saturated heterocycles. The van der Waals surface area contributed by atoms with Crippen LogP contribution in [0.2, 0.25) is 0 Å². The van der Waals surface area contributed by atoms with Gasteiger partial charge in [0.25, 0.3) is 0 Å². The van der Waals surface area contributed by atoms with E-state index in [2.05, 4.69) is 81.8 Å². The summed E-state index contributed by atoms with van der Waals surface area (Å²) in [4.78, 5) is 16.7. The summed E-state index contributed by atoms with van der Waals surface area (Å²) in [5.41, 5.74) is 7.71. The Morgan fingerprint density at radius 3 is 2.50 bits per heavy atom. The van der Waals surface area contributed by atoms with Crippen LogP contribution >= 0.6 is 0 Å². The minimum absolute atomic E-state index is 0.531. The molecule has 1 N–H and O–H groups in total. The molecule has 1 aliphatic carbocycles. The molecule has 2 fully saturated rings. The van der Waals surface area contributed by atoms with Crippen molar-refractivity contribution < 1.29 is 0 Å². The van der Waals surface area contributed by atoms with E-state index in [9.17, 15) is 0 Å². The molecule has 1 aromatic heterocycles. The van der Waals surface area contributed by atoms with Gasteiger partial charge in [-0.1, -0.05) is 56.7 Å². The molecule has 202 valence electrons. The van der Waals surface area contributed by atoms with Gasteiger partial charge in [0.2, 0.25) is 5.95 Å². The fourth-order valence-electron chi connectivity index (χ4n) is 5.54. The molecule has 0 unspecified atom stereocenters. The zero-order valence-electron chi connectivity index (χ0n) is 23.2. The van der Waals surface area contributed by atoms with Gasteiger partial charge in [-0.2, -0.15) is 4.98 Å². The van der Waals surface area contributed by atoms with Crippen molar-refractivity contribution in [1.82, 2.24) is 19.8 Å². The zero-order chi connectivity index (χ0) is 26.7. The summed E-state index contributed by atoms with van der Waals surface area (Å²) in [6, 6.07) is 9.18. The first-order chi connectivity index (χ1) is 18.6. The highest BCUT2D eigenvalue weighted by atomic mass is 15.3. The molecular formula is C32H44N6. The lowest BCUT2D eigenvalue weighted by Crippen LogP contribution is -2.45. The Morgan fingerprint density at radius 2 is 1.84 bits per heavy atom. The zero-order valence-corrected chi connectivity index (χ0v) is 23.2. The Balaban J connectivity index is 1.31. The van der Waals surface area contributed by atoms with Gasteiger partial charge in [0, 0.05) is 63.3 Å². The second kappa shape index (κ2) is 14.0. The highest BCUT2D eigenvalue weighted by Gasteiger charge is 2.22. The maximum atomic E-state index is 4.88. The molecule has 0 radical (unpaired) electrons. The molecule has 4 rings (SSSR count). The fourth-order valence-corrected chi connectivity index (χ4v) is 5.54. The van der Waals surface area contributed by atoms with Crippen LogP contribution in [0, 0.1) is 0 Å². The maximum Gasteiger partial charge on any atom is 0.229 e. The summed E-state index contributed by atoms with van der Waals surface area (Å²) in [5, 5.41) is 3.40. The summed E-state index contributed by atoms with van der Waals surface area (Å²) < 4.78 is 0. The first-order valence-electron chi connectivity index (χ1n) is 14.2. The number of hydrogen-bond acceptors (Lipinski definition) is 6. The van der Waals surface area contributed by atoms with Crippen LogP contribution in [0.5, 0.6) is 0 Å². The first-order valence-corrected chi connectivity index (χ1v) is 14.2. The van der Waals surface area contributed by atoms with Gasteiger partial charge in [-0.25, -0.2) is 4.98 Å². The standard InChI is InChI=1S/C32H44N6/c1-5-8-10-13-29(7-3)38-22-20-37(21-23-38)25-26-16-18-28(19-17-26)34-32-33-24-27(6-2)31(35-32)36(4)30-14-11-9-12-15-30/h5-6,16-19,24,30H,1-3,8-15,20-23,25H2,4H3,(H,33,34,35). The predicted octanol–water partition coefficient (Wildman–Crippen LogP) is 6.77. The highest BCUT2D eigenvalue weighted by Crippen LogP contribution is 2.28. The Kier molecular flexibility index (Phi) is 10.2. The Bertz CT molecular complexity index is 1100. The normalized spacial score (nSPS) is 16.5. The van der Waals surface area contributed by atoms with E-state index >= 15 is 0 Å². The summed E-state index contributed by atoms with van der Waals surface area (Å²) in [6.07, 6.45) is 15.3. The molecule has 1 saturated carbocycles. The molecule has 0 spiro atoms. The number of nitrogens with zero attached hydrogens (tertiary/aromatic N) is 5. The number of anilines is 3. The van der Waals surface area contributed by atoms with Crippen LogP contribution < -0.4 is 10.2 Å². The number of benzene rings is 1. The molecule has 6 nitrogen and oxygen atoms in total. The number of piperazine rings is 1. The van der Waals surface area contributed by atoms with Crippen molar-refractivity contribution >= 4 is 23.5 Å². The Labute approximate surface area is 229 Å². The van der Waals surface area contributed by atoms with Crippen molar-refractivity contribution in [2.24, 2.45) is 0 Å². The summed E-state index contributed by atoms with van der Waals surface area (Å²) in [6.45, 7) is 16.8. The molecule has 2 aliphatic rings. The molecule has 1 aliphatic heterocycles.